The maximum absolute atomic E-state index is 12.9. The van der Waals surface area contributed by atoms with Crippen molar-refractivity contribution in [2.75, 3.05) is 6.54 Å². The Morgan fingerprint density at radius 1 is 0.857 bits per heavy atom. The Morgan fingerprint density at radius 3 is 1.89 bits per heavy atom. The number of aliphatic imine (C=N–C) groups is 1. The Hall–Kier alpha value is -3.46. The predicted octanol–water partition coefficient (Wildman–Crippen LogP) is -3.79. The molecule has 15 nitrogen and oxygen atoms in total. The number of primary amides is 1. The van der Waals surface area contributed by atoms with E-state index in [4.69, 9.17) is 22.9 Å². The minimum Gasteiger partial charge on any atom is -0.480 e. The number of carbonyl (C=O) groups is 5. The van der Waals surface area contributed by atoms with Gasteiger partial charge >= 0.3 is 5.97 Å². The molecule has 15 heteroatoms. The molecule has 0 saturated heterocycles. The zero-order chi connectivity index (χ0) is 27.3. The molecule has 0 fully saturated rings. The Morgan fingerprint density at radius 2 is 1.43 bits per heavy atom. The summed E-state index contributed by atoms with van der Waals surface area (Å²) in [5.74, 6) is -5.00. The third-order valence-corrected chi connectivity index (χ3v) is 4.96. The number of nitrogens with one attached hydrogen (secondary N) is 3. The Kier molecular flexibility index (Phi) is 13.9. The zero-order valence-corrected chi connectivity index (χ0v) is 20.2. The molecule has 0 bridgehead atoms. The topological polar surface area (TPSA) is 278 Å². The smallest absolute Gasteiger partial charge is 0.326 e. The molecule has 0 aromatic carbocycles. The van der Waals surface area contributed by atoms with Crippen molar-refractivity contribution in [1.29, 1.82) is 0 Å². The van der Waals surface area contributed by atoms with Gasteiger partial charge in [0.25, 0.3) is 0 Å². The lowest BCUT2D eigenvalue weighted by atomic mass is 10.0. The van der Waals surface area contributed by atoms with Crippen LogP contribution in [0.2, 0.25) is 0 Å². The highest BCUT2D eigenvalue weighted by atomic mass is 16.4. The molecule has 0 aliphatic rings. The van der Waals surface area contributed by atoms with Gasteiger partial charge in [-0.05, 0) is 32.1 Å². The second-order valence-corrected chi connectivity index (χ2v) is 8.41. The Balaban J connectivity index is 5.59. The summed E-state index contributed by atoms with van der Waals surface area (Å²) in [5, 5.41) is 26.4. The maximum Gasteiger partial charge on any atom is 0.326 e. The van der Waals surface area contributed by atoms with Gasteiger partial charge in [0, 0.05) is 13.0 Å². The summed E-state index contributed by atoms with van der Waals surface area (Å²) in [5.41, 5.74) is 21.4. The second-order valence-electron chi connectivity index (χ2n) is 8.41. The van der Waals surface area contributed by atoms with Crippen LogP contribution in [0.1, 0.15) is 46.5 Å². The van der Waals surface area contributed by atoms with Gasteiger partial charge in [-0.3, -0.25) is 24.2 Å². The summed E-state index contributed by atoms with van der Waals surface area (Å²) in [6, 6.07) is -5.10. The molecule has 0 saturated carbocycles. The fourth-order valence-corrected chi connectivity index (χ4v) is 2.81. The number of aliphatic hydroxyl groups is 1. The first-order valence-corrected chi connectivity index (χ1v) is 11.1. The van der Waals surface area contributed by atoms with Crippen LogP contribution in [-0.2, 0) is 24.0 Å². The summed E-state index contributed by atoms with van der Waals surface area (Å²) in [6.07, 6.45) is -1.68. The summed E-state index contributed by atoms with van der Waals surface area (Å²) in [6.45, 7) is 4.79. The third-order valence-electron chi connectivity index (χ3n) is 4.96. The molecule has 0 radical (unpaired) electrons. The van der Waals surface area contributed by atoms with E-state index >= 15 is 0 Å². The number of carboxylic acid groups (broad SMARTS) is 1. The molecule has 0 spiro atoms. The SMILES string of the molecule is CC(C)C(N)C(=O)NC(C(=O)NC(CCCN=C(N)N)C(=O)NC(CCC(N)=O)C(=O)O)C(C)O. The van der Waals surface area contributed by atoms with Gasteiger partial charge in [-0.1, -0.05) is 13.8 Å². The van der Waals surface area contributed by atoms with Gasteiger partial charge in [0.2, 0.25) is 23.6 Å². The fraction of sp³-hybridized carbons (Fsp3) is 0.700. The molecule has 5 unspecified atom stereocenters. The molecule has 0 aliphatic carbocycles. The molecule has 0 rings (SSSR count). The lowest BCUT2D eigenvalue weighted by Crippen LogP contribution is -2.60. The van der Waals surface area contributed by atoms with Crippen molar-refractivity contribution in [1.82, 2.24) is 16.0 Å². The van der Waals surface area contributed by atoms with E-state index in [9.17, 15) is 34.2 Å². The summed E-state index contributed by atoms with van der Waals surface area (Å²) >= 11 is 0. The molecule has 4 amide bonds. The van der Waals surface area contributed by atoms with Crippen molar-refractivity contribution < 1.29 is 34.2 Å². The van der Waals surface area contributed by atoms with E-state index in [2.05, 4.69) is 20.9 Å². The van der Waals surface area contributed by atoms with Crippen LogP contribution < -0.4 is 38.9 Å². The van der Waals surface area contributed by atoms with Gasteiger partial charge < -0.3 is 49.1 Å². The van der Waals surface area contributed by atoms with Gasteiger partial charge in [-0.25, -0.2) is 4.79 Å². The number of nitrogens with two attached hydrogens (primary N) is 4. The third kappa shape index (κ3) is 12.5. The van der Waals surface area contributed by atoms with Crippen LogP contribution in [-0.4, -0.2) is 82.6 Å². The lowest BCUT2D eigenvalue weighted by Gasteiger charge is -2.27. The molecule has 200 valence electrons. The maximum atomic E-state index is 12.9. The van der Waals surface area contributed by atoms with Gasteiger partial charge in [-0.15, -0.1) is 0 Å². The highest BCUT2D eigenvalue weighted by molar-refractivity contribution is 5.94. The largest absolute Gasteiger partial charge is 0.480 e. The molecule has 0 heterocycles. The number of hydrogen-bond donors (Lipinski definition) is 9. The lowest BCUT2D eigenvalue weighted by molar-refractivity contribution is -0.142. The quantitative estimate of drug-likeness (QED) is 0.0563. The number of rotatable bonds is 16. The average molecular weight is 503 g/mol. The van der Waals surface area contributed by atoms with Crippen molar-refractivity contribution in [3.05, 3.63) is 0 Å². The van der Waals surface area contributed by atoms with Crippen molar-refractivity contribution in [3.63, 3.8) is 0 Å². The molecule has 0 aromatic heterocycles. The molecular formula is C20H38N8O7. The standard InChI is InChI=1S/C20H38N8O7/c1-9(2)14(22)17(32)28-15(10(3)29)18(33)26-11(5-4-8-25-20(23)24)16(31)27-12(19(34)35)6-7-13(21)30/h9-12,14-15,29H,4-8,22H2,1-3H3,(H2,21,30)(H,26,33)(H,27,31)(H,28,32)(H,34,35)(H4,23,24,25). The number of hydrogen-bond acceptors (Lipinski definition) is 8. The normalized spacial score (nSPS) is 15.1. The molecule has 5 atom stereocenters. The number of nitrogens with zero attached hydrogens (tertiary/aromatic N) is 1. The summed E-state index contributed by atoms with van der Waals surface area (Å²) < 4.78 is 0. The first-order chi connectivity index (χ1) is 16.2. The van der Waals surface area contributed by atoms with E-state index in [1.54, 1.807) is 13.8 Å². The average Bonchev–Trinajstić information content (AvgIpc) is 2.74. The Labute approximate surface area is 203 Å². The van der Waals surface area contributed by atoms with Crippen molar-refractivity contribution in [3.8, 4) is 0 Å². The number of guanidine groups is 1. The number of aliphatic carboxylic acids is 1. The van der Waals surface area contributed by atoms with Crippen LogP contribution in [0, 0.1) is 5.92 Å². The van der Waals surface area contributed by atoms with Crippen LogP contribution >= 0.6 is 0 Å². The van der Waals surface area contributed by atoms with Crippen molar-refractivity contribution in [2.45, 2.75) is 76.7 Å². The Bertz CT molecular complexity index is 783. The highest BCUT2D eigenvalue weighted by Gasteiger charge is 2.32. The molecule has 35 heavy (non-hydrogen) atoms. The first kappa shape index (κ1) is 31.5. The van der Waals surface area contributed by atoms with E-state index < -0.39 is 59.9 Å². The van der Waals surface area contributed by atoms with Gasteiger partial charge in [0.1, 0.15) is 18.1 Å². The highest BCUT2D eigenvalue weighted by Crippen LogP contribution is 2.06. The number of amides is 4. The zero-order valence-electron chi connectivity index (χ0n) is 20.2. The van der Waals surface area contributed by atoms with E-state index in [0.717, 1.165) is 0 Å². The van der Waals surface area contributed by atoms with E-state index in [0.29, 0.717) is 0 Å². The summed E-state index contributed by atoms with van der Waals surface area (Å²) in [7, 11) is 0. The number of carboxylic acids is 1. The minimum absolute atomic E-state index is 0.0114. The van der Waals surface area contributed by atoms with Gasteiger partial charge in [0.15, 0.2) is 5.96 Å². The van der Waals surface area contributed by atoms with Gasteiger partial charge in [0.05, 0.1) is 12.1 Å². The van der Waals surface area contributed by atoms with Crippen molar-refractivity contribution in [2.24, 2.45) is 33.8 Å². The molecule has 13 N–H and O–H groups in total. The predicted molar refractivity (Wildman–Crippen MR) is 126 cm³/mol. The van der Waals surface area contributed by atoms with Crippen LogP contribution in [0.3, 0.4) is 0 Å². The number of aliphatic hydroxyl groups excluding tert-OH is 1. The molecule has 0 aromatic rings. The van der Waals surface area contributed by atoms with Crippen LogP contribution in [0.25, 0.3) is 0 Å². The fourth-order valence-electron chi connectivity index (χ4n) is 2.81. The monoisotopic (exact) mass is 502 g/mol. The summed E-state index contributed by atoms with van der Waals surface area (Å²) in [4.78, 5) is 64.2. The van der Waals surface area contributed by atoms with E-state index in [-0.39, 0.29) is 44.1 Å². The minimum atomic E-state index is -1.44. The van der Waals surface area contributed by atoms with Crippen molar-refractivity contribution >= 4 is 35.6 Å². The second kappa shape index (κ2) is 15.4. The van der Waals surface area contributed by atoms with Crippen LogP contribution in [0.15, 0.2) is 4.99 Å². The van der Waals surface area contributed by atoms with E-state index in [1.165, 1.54) is 6.92 Å². The molecular weight excluding hydrogens is 464 g/mol. The van der Waals surface area contributed by atoms with Gasteiger partial charge in [-0.2, -0.15) is 0 Å². The first-order valence-electron chi connectivity index (χ1n) is 11.1. The number of carbonyl (C=O) groups excluding carboxylic acids is 4. The molecule has 0 aliphatic heterocycles. The van der Waals surface area contributed by atoms with E-state index in [1.807, 2.05) is 0 Å². The van der Waals surface area contributed by atoms with Crippen LogP contribution in [0.5, 0.6) is 0 Å². The van der Waals surface area contributed by atoms with Crippen LogP contribution in [0.4, 0.5) is 0 Å².